The van der Waals surface area contributed by atoms with E-state index in [1.165, 1.54) is 11.1 Å². The molecule has 2 atom stereocenters. The van der Waals surface area contributed by atoms with Gasteiger partial charge >= 0.3 is 0 Å². The Morgan fingerprint density at radius 2 is 1.43 bits per heavy atom. The van der Waals surface area contributed by atoms with Crippen LogP contribution in [0.3, 0.4) is 0 Å². The molecule has 2 aromatic heterocycles. The number of pyridine rings is 1. The quantitative estimate of drug-likeness (QED) is 0.123. The number of para-hydroxylation sites is 1. The van der Waals surface area contributed by atoms with Gasteiger partial charge in [0.15, 0.2) is 18.0 Å². The van der Waals surface area contributed by atoms with E-state index in [1.807, 2.05) is 36.5 Å². The summed E-state index contributed by atoms with van der Waals surface area (Å²) in [7, 11) is 0. The van der Waals surface area contributed by atoms with Crippen molar-refractivity contribution >= 4 is 44.6 Å². The summed E-state index contributed by atoms with van der Waals surface area (Å²) in [4.78, 5) is 4.90. The molecule has 292 valence electrons. The Bertz CT molecular complexity index is 2990. The third-order valence-electron chi connectivity index (χ3n) is 11.9. The Hall–Kier alpha value is -5.32. The van der Waals surface area contributed by atoms with E-state index in [-0.39, 0.29) is 31.9 Å². The van der Waals surface area contributed by atoms with E-state index in [0.717, 1.165) is 61.5 Å². The normalized spacial score (nSPS) is 19.4. The van der Waals surface area contributed by atoms with Gasteiger partial charge in [0.2, 0.25) is 0 Å². The molecule has 0 radical (unpaired) electrons. The Balaban J connectivity index is 0.00000476. The predicted octanol–water partition coefficient (Wildman–Crippen LogP) is 13.5. The van der Waals surface area contributed by atoms with Crippen LogP contribution in [0.2, 0.25) is 0 Å². The number of aryl methyl sites for hydroxylation is 1. The first-order chi connectivity index (χ1) is 28.5. The molecule has 0 saturated carbocycles. The molecule has 1 fully saturated rings. The van der Waals surface area contributed by atoms with Gasteiger partial charge in [0.25, 0.3) is 0 Å². The van der Waals surface area contributed by atoms with Crippen molar-refractivity contribution in [3.8, 4) is 28.4 Å². The molecule has 0 amide bonds. The number of aromatic nitrogens is 2. The van der Waals surface area contributed by atoms with Crippen LogP contribution < -0.4 is 13.7 Å². The zero-order chi connectivity index (χ0) is 41.8. The second-order valence-corrected chi connectivity index (χ2v) is 17.6. The van der Waals surface area contributed by atoms with Gasteiger partial charge in [-0.05, 0) is 69.6 Å². The number of rotatable bonds is 6. The van der Waals surface area contributed by atoms with Crippen molar-refractivity contribution in [1.29, 1.82) is 0 Å². The molecular weight excluding hydrogens is 892 g/mol. The van der Waals surface area contributed by atoms with Crippen LogP contribution in [0.5, 0.6) is 11.5 Å². The van der Waals surface area contributed by atoms with Gasteiger partial charge in [-0.25, -0.2) is 4.98 Å². The number of quaternary nitrogens is 2. The average Bonchev–Trinajstić information content (AvgIpc) is 3.81. The molecule has 0 unspecified atom stereocenters. The van der Waals surface area contributed by atoms with Gasteiger partial charge in [0, 0.05) is 71.8 Å². The molecule has 3 aliphatic heterocycles. The monoisotopic (exact) mass is 941 g/mol. The van der Waals surface area contributed by atoms with E-state index in [4.69, 9.17) is 13.8 Å². The summed E-state index contributed by atoms with van der Waals surface area (Å²) in [6, 6.07) is 52.9. The van der Waals surface area contributed by atoms with Gasteiger partial charge in [-0.1, -0.05) is 120 Å². The summed E-state index contributed by atoms with van der Waals surface area (Å²) in [5, 5.41) is 2.15. The summed E-state index contributed by atoms with van der Waals surface area (Å²) in [6.45, 7) is 13.8. The molecule has 5 heterocycles. The van der Waals surface area contributed by atoms with Crippen LogP contribution in [0.4, 0.5) is 22.7 Å². The summed E-state index contributed by atoms with van der Waals surface area (Å²) >= 11 is 0. The van der Waals surface area contributed by atoms with Crippen LogP contribution in [-0.2, 0) is 31.9 Å². The Kier molecular flexibility index (Phi) is 8.15. The number of ether oxygens (including phenoxy) is 1. The smallest absolute Gasteiger partial charge is 0.184 e. The number of benzene rings is 6. The molecule has 0 aliphatic carbocycles. The maximum atomic E-state index is 8.58. The third kappa shape index (κ3) is 5.98. The number of hydrogen-bond donors (Lipinski definition) is 0. The Morgan fingerprint density at radius 3 is 2.21 bits per heavy atom. The number of nitrogens with zero attached hydrogens (tertiary/aromatic N) is 4. The Labute approximate surface area is 360 Å². The maximum absolute atomic E-state index is 8.58. The van der Waals surface area contributed by atoms with E-state index in [2.05, 4.69) is 162 Å². The van der Waals surface area contributed by atoms with Crippen LogP contribution in [0.15, 0.2) is 140 Å². The van der Waals surface area contributed by atoms with Crippen molar-refractivity contribution in [3.05, 3.63) is 175 Å². The largest absolute Gasteiger partial charge is 0.509 e. The fourth-order valence-corrected chi connectivity index (χ4v) is 8.86. The van der Waals surface area contributed by atoms with Crippen molar-refractivity contribution in [1.82, 2.24) is 18.5 Å². The minimum Gasteiger partial charge on any atom is -0.509 e. The number of fused-ring (bicyclic) bond motifs is 3. The first-order valence-electron chi connectivity index (χ1n) is 21.2. The van der Waals surface area contributed by atoms with Crippen LogP contribution >= 0.6 is 0 Å². The van der Waals surface area contributed by atoms with Crippen LogP contribution in [-0.4, -0.2) is 16.2 Å². The van der Waals surface area contributed by atoms with Crippen LogP contribution in [0.25, 0.3) is 38.8 Å². The second-order valence-electron chi connectivity index (χ2n) is 17.6. The van der Waals surface area contributed by atoms with Crippen molar-refractivity contribution < 1.29 is 29.9 Å². The predicted molar refractivity (Wildman–Crippen MR) is 235 cm³/mol. The van der Waals surface area contributed by atoms with Gasteiger partial charge in [-0.2, -0.15) is 12.1 Å². The van der Waals surface area contributed by atoms with Gasteiger partial charge in [0.05, 0.1) is 6.67 Å². The molecule has 58 heavy (non-hydrogen) atoms. The van der Waals surface area contributed by atoms with Crippen molar-refractivity contribution in [2.45, 2.75) is 59.2 Å². The summed E-state index contributed by atoms with van der Waals surface area (Å²) in [6.07, 6.45) is 1.89. The minimum atomic E-state index is -2.28. The fourth-order valence-electron chi connectivity index (χ4n) is 8.86. The summed E-state index contributed by atoms with van der Waals surface area (Å²) in [5.41, 5.74) is 10.5. The van der Waals surface area contributed by atoms with Crippen LogP contribution in [0, 0.1) is 25.7 Å². The maximum Gasteiger partial charge on any atom is 0.184 e. The molecule has 3 aliphatic rings. The van der Waals surface area contributed by atoms with Gasteiger partial charge < -0.3 is 13.8 Å². The molecule has 2 bridgehead atoms. The minimum absolute atomic E-state index is 0. The standard InChI is InChI=1S/C52H47N4O.Pt/c1-35-14-11-21-48-50(35)56(40-18-12-17-38(29-40)51(2,3)4)33-55(48,34-56)41-19-13-20-42(31-41)57-43-23-24-44-45-28-37(36-15-9-8-10-16-36)22-25-46(45)54(47(44)32-43)49-30-39(26-27-53-49)52(5,6)7;/h8-30,33H,34H2,1-7H3;/q-1;/t55-,56+;/m1./s1/i1D3;. The van der Waals surface area contributed by atoms with Gasteiger partial charge in [-0.3, -0.25) is 4.48 Å². The zero-order valence-electron chi connectivity index (χ0n) is 36.6. The zero-order valence-corrected chi connectivity index (χ0v) is 35.8. The van der Waals surface area contributed by atoms with Gasteiger partial charge in [0.1, 0.15) is 11.5 Å². The van der Waals surface area contributed by atoms with Crippen molar-refractivity contribution in [3.63, 3.8) is 0 Å². The average molecular weight is 942 g/mol. The van der Waals surface area contributed by atoms with Crippen molar-refractivity contribution in [2.24, 2.45) is 0 Å². The van der Waals surface area contributed by atoms with Gasteiger partial charge in [-0.15, -0.1) is 29.7 Å². The molecular formula is C52H47N4OPt-. The third-order valence-corrected chi connectivity index (χ3v) is 11.9. The van der Waals surface area contributed by atoms with E-state index in [9.17, 15) is 0 Å². The Morgan fingerprint density at radius 1 is 0.690 bits per heavy atom. The van der Waals surface area contributed by atoms with E-state index < -0.39 is 6.85 Å². The number of hydrogen-bond acceptors (Lipinski definition) is 2. The first kappa shape index (κ1) is 34.7. The second kappa shape index (κ2) is 13.6. The van der Waals surface area contributed by atoms with E-state index in [1.54, 1.807) is 6.07 Å². The fraction of sp³-hybridized carbons (Fsp3) is 0.192. The summed E-state index contributed by atoms with van der Waals surface area (Å²) < 4.78 is 35.3. The van der Waals surface area contributed by atoms with E-state index in [0.29, 0.717) is 32.7 Å². The molecule has 0 spiro atoms. The topological polar surface area (TPSA) is 27.1 Å². The molecule has 11 rings (SSSR count). The summed E-state index contributed by atoms with van der Waals surface area (Å²) in [5.74, 6) is 1.92. The van der Waals surface area contributed by atoms with Crippen LogP contribution in [0.1, 0.15) is 62.3 Å². The SMILES string of the molecule is [2H]C([2H])([2H])c1cccc2c1[N@@+]1(c3cccc(C(C)(C)C)c3)[CH-][N@+]2(c2[c-]c(Oc3[c-]c4c(cc3)c3cc(-c5ccccc5)ccc3n4-c3cc(C(C)(C)C)ccn3)ccc2)C1.[Pt]. The molecule has 1 saturated heterocycles. The molecule has 0 N–H and O–H groups in total. The van der Waals surface area contributed by atoms with E-state index >= 15 is 0 Å². The molecule has 8 aromatic rings. The molecule has 6 aromatic carbocycles. The van der Waals surface area contributed by atoms with Crippen molar-refractivity contribution in [2.75, 3.05) is 6.67 Å². The first-order valence-corrected chi connectivity index (χ1v) is 19.7. The molecule has 5 nitrogen and oxygen atoms in total. The molecule has 6 heteroatoms.